The minimum Gasteiger partial charge on any atom is -0.380 e. The van der Waals surface area contributed by atoms with E-state index in [2.05, 4.69) is 20.3 Å². The van der Waals surface area contributed by atoms with E-state index in [1.807, 2.05) is 25.1 Å². The molecule has 0 aliphatic carbocycles. The highest BCUT2D eigenvalue weighted by atomic mass is 35.5. The number of aromatic nitrogens is 4. The number of rotatable bonds is 4. The lowest BCUT2D eigenvalue weighted by atomic mass is 10.0. The first kappa shape index (κ1) is 21.0. The van der Waals surface area contributed by atoms with Crippen molar-refractivity contribution in [2.24, 2.45) is 0 Å². The van der Waals surface area contributed by atoms with Crippen LogP contribution in [0, 0.1) is 0 Å². The summed E-state index contributed by atoms with van der Waals surface area (Å²) in [6.45, 7) is 4.32. The smallest absolute Gasteiger partial charge is 0.273 e. The number of hydrogen-bond donors (Lipinski definition) is 1. The van der Waals surface area contributed by atoms with Crippen LogP contribution in [0.5, 0.6) is 0 Å². The number of nitrogens with zero attached hydrogens (tertiary/aromatic N) is 5. The first-order valence-corrected chi connectivity index (χ1v) is 11.6. The number of carbonyl (C=O) groups excluding carboxylic acids is 1. The average Bonchev–Trinajstić information content (AvgIpc) is 3.13. The summed E-state index contributed by atoms with van der Waals surface area (Å²) < 4.78 is 5.51. The van der Waals surface area contributed by atoms with Gasteiger partial charge in [0.15, 0.2) is 5.82 Å². The molecule has 4 aromatic rings. The number of anilines is 1. The Hall–Kier alpha value is -2.88. The molecule has 8 nitrogen and oxygen atoms in total. The average molecular weight is 469 g/mol. The highest BCUT2D eigenvalue weighted by Gasteiger charge is 2.24. The Balaban J connectivity index is 1.55. The molecule has 0 saturated carbocycles. The third-order valence-corrected chi connectivity index (χ3v) is 6.52. The summed E-state index contributed by atoms with van der Waals surface area (Å²) in [5.41, 5.74) is 3.54. The lowest BCUT2D eigenvalue weighted by Gasteiger charge is -2.22. The Bertz CT molecular complexity index is 1290. The van der Waals surface area contributed by atoms with Gasteiger partial charge >= 0.3 is 0 Å². The predicted octanol–water partition coefficient (Wildman–Crippen LogP) is 4.32. The van der Waals surface area contributed by atoms with Crippen molar-refractivity contribution < 1.29 is 9.53 Å². The van der Waals surface area contributed by atoms with Crippen molar-refractivity contribution in [3.8, 4) is 0 Å². The topological polar surface area (TPSA) is 93.1 Å². The van der Waals surface area contributed by atoms with Gasteiger partial charge in [-0.05, 0) is 30.9 Å². The first-order chi connectivity index (χ1) is 15.6. The predicted molar refractivity (Wildman–Crippen MR) is 125 cm³/mol. The molecule has 0 spiro atoms. The molecule has 1 N–H and O–H groups in total. The maximum absolute atomic E-state index is 13.5. The number of thiazole rings is 1. The zero-order valence-electron chi connectivity index (χ0n) is 17.4. The molecule has 3 aromatic heterocycles. The maximum Gasteiger partial charge on any atom is 0.273 e. The first-order valence-electron chi connectivity index (χ1n) is 10.4. The summed E-state index contributed by atoms with van der Waals surface area (Å²) in [4.78, 5) is 33.8. The number of fused-ring (bicyclic) bond motifs is 2. The molecule has 1 amide bonds. The van der Waals surface area contributed by atoms with Crippen LogP contribution in [0.4, 0.5) is 5.82 Å². The molecule has 1 saturated heterocycles. The van der Waals surface area contributed by atoms with E-state index in [0.717, 1.165) is 22.3 Å². The Morgan fingerprint density at radius 2 is 2.16 bits per heavy atom. The van der Waals surface area contributed by atoms with Gasteiger partial charge in [0.25, 0.3) is 5.91 Å². The molecule has 1 atom stereocenters. The lowest BCUT2D eigenvalue weighted by Crippen LogP contribution is -2.34. The zero-order valence-corrected chi connectivity index (χ0v) is 19.0. The van der Waals surface area contributed by atoms with E-state index < -0.39 is 0 Å². The van der Waals surface area contributed by atoms with Gasteiger partial charge in [-0.25, -0.2) is 19.9 Å². The molecule has 5 rings (SSSR count). The van der Waals surface area contributed by atoms with Gasteiger partial charge in [-0.15, -0.1) is 11.3 Å². The highest BCUT2D eigenvalue weighted by Crippen LogP contribution is 2.31. The second-order valence-corrected chi connectivity index (χ2v) is 8.83. The van der Waals surface area contributed by atoms with Crippen LogP contribution in [0.2, 0.25) is 5.02 Å². The van der Waals surface area contributed by atoms with Crippen molar-refractivity contribution in [1.82, 2.24) is 24.8 Å². The molecular formula is C22H21ClN6O2S. The van der Waals surface area contributed by atoms with E-state index in [4.69, 9.17) is 21.3 Å². The third-order valence-electron chi connectivity index (χ3n) is 5.47. The number of pyridine rings is 1. The monoisotopic (exact) mass is 468 g/mol. The maximum atomic E-state index is 13.5. The normalized spacial score (nSPS) is 15.6. The van der Waals surface area contributed by atoms with Crippen molar-refractivity contribution >= 4 is 55.8 Å². The van der Waals surface area contributed by atoms with Crippen molar-refractivity contribution in [1.29, 1.82) is 0 Å². The Morgan fingerprint density at radius 3 is 3.06 bits per heavy atom. The standard InChI is InChI=1S/C22H21ClN6O2S/c1-13(27-20-19-21(25-11-24-20)32-12-26-19)16-10-14-4-2-5-15(23)17(14)18(28-16)22(30)29-6-3-8-31-9-7-29/h2,4-5,10-13H,3,6-9H2,1H3,(H,24,25,27)/t13-/m0/s1. The number of halogens is 1. The highest BCUT2D eigenvalue weighted by molar-refractivity contribution is 7.16. The molecule has 1 aliphatic heterocycles. The van der Waals surface area contributed by atoms with Crippen molar-refractivity contribution in [3.63, 3.8) is 0 Å². The number of benzene rings is 1. The van der Waals surface area contributed by atoms with E-state index in [-0.39, 0.29) is 11.9 Å². The minimum atomic E-state index is -0.225. The Morgan fingerprint density at radius 1 is 1.25 bits per heavy atom. The number of carbonyl (C=O) groups is 1. The van der Waals surface area contributed by atoms with Gasteiger partial charge in [-0.3, -0.25) is 4.79 Å². The zero-order chi connectivity index (χ0) is 22.1. The van der Waals surface area contributed by atoms with Crippen LogP contribution < -0.4 is 5.32 Å². The summed E-state index contributed by atoms with van der Waals surface area (Å²) >= 11 is 7.98. The molecule has 32 heavy (non-hydrogen) atoms. The van der Waals surface area contributed by atoms with Crippen molar-refractivity contribution in [2.45, 2.75) is 19.4 Å². The van der Waals surface area contributed by atoms with Gasteiger partial charge in [0.2, 0.25) is 0 Å². The molecule has 0 bridgehead atoms. The van der Waals surface area contributed by atoms with E-state index in [1.165, 1.54) is 17.7 Å². The van der Waals surface area contributed by atoms with E-state index in [9.17, 15) is 4.79 Å². The van der Waals surface area contributed by atoms with Gasteiger partial charge in [0.1, 0.15) is 22.4 Å². The number of ether oxygens (including phenoxy) is 1. The van der Waals surface area contributed by atoms with Crippen LogP contribution in [0.25, 0.3) is 21.1 Å². The Kier molecular flexibility index (Phi) is 5.86. The summed E-state index contributed by atoms with van der Waals surface area (Å²) in [7, 11) is 0. The Labute approximate surface area is 193 Å². The summed E-state index contributed by atoms with van der Waals surface area (Å²) in [5, 5.41) is 5.42. The molecule has 10 heteroatoms. The number of hydrogen-bond acceptors (Lipinski definition) is 8. The molecular weight excluding hydrogens is 448 g/mol. The fourth-order valence-electron chi connectivity index (χ4n) is 3.84. The summed E-state index contributed by atoms with van der Waals surface area (Å²) in [6, 6.07) is 7.35. The van der Waals surface area contributed by atoms with Crippen LogP contribution in [-0.4, -0.2) is 57.0 Å². The largest absolute Gasteiger partial charge is 0.380 e. The molecule has 4 heterocycles. The van der Waals surface area contributed by atoms with E-state index in [1.54, 1.807) is 16.5 Å². The van der Waals surface area contributed by atoms with Crippen molar-refractivity contribution in [3.05, 3.63) is 52.5 Å². The van der Waals surface area contributed by atoms with Gasteiger partial charge in [0.05, 0.1) is 28.9 Å². The second-order valence-electron chi connectivity index (χ2n) is 7.59. The van der Waals surface area contributed by atoms with Crippen LogP contribution in [-0.2, 0) is 4.74 Å². The SMILES string of the molecule is C[C@H](Nc1ncnc2scnc12)c1cc2cccc(Cl)c2c(C(=O)N2CCCOCC2)n1. The quantitative estimate of drug-likeness (QED) is 0.476. The van der Waals surface area contributed by atoms with Crippen molar-refractivity contribution in [2.75, 3.05) is 31.6 Å². The number of nitrogens with one attached hydrogen (secondary N) is 1. The third kappa shape index (κ3) is 3.99. The fourth-order valence-corrected chi connectivity index (χ4v) is 4.74. The molecule has 164 valence electrons. The van der Waals surface area contributed by atoms with Gasteiger partial charge in [-0.1, -0.05) is 23.7 Å². The van der Waals surface area contributed by atoms with Gasteiger partial charge < -0.3 is 15.0 Å². The van der Waals surface area contributed by atoms with Crippen LogP contribution >= 0.6 is 22.9 Å². The molecule has 1 fully saturated rings. The molecule has 0 radical (unpaired) electrons. The van der Waals surface area contributed by atoms with Crippen LogP contribution in [0.1, 0.15) is 35.6 Å². The van der Waals surface area contributed by atoms with Gasteiger partial charge in [0, 0.05) is 25.1 Å². The van der Waals surface area contributed by atoms with E-state index >= 15 is 0 Å². The summed E-state index contributed by atoms with van der Waals surface area (Å²) in [6.07, 6.45) is 2.31. The van der Waals surface area contributed by atoms with Gasteiger partial charge in [-0.2, -0.15) is 0 Å². The van der Waals surface area contributed by atoms with Crippen LogP contribution in [0.3, 0.4) is 0 Å². The summed E-state index contributed by atoms with van der Waals surface area (Å²) in [5.74, 6) is 0.501. The fraction of sp³-hybridized carbons (Fsp3) is 0.318. The molecule has 0 unspecified atom stereocenters. The minimum absolute atomic E-state index is 0.133. The van der Waals surface area contributed by atoms with Crippen LogP contribution in [0.15, 0.2) is 36.1 Å². The second kappa shape index (κ2) is 8.93. The number of amides is 1. The lowest BCUT2D eigenvalue weighted by molar-refractivity contribution is 0.0737. The molecule has 1 aromatic carbocycles. The molecule has 1 aliphatic rings. The van der Waals surface area contributed by atoms with E-state index in [0.29, 0.717) is 53.7 Å².